The Hall–Kier alpha value is -5.26. The van der Waals surface area contributed by atoms with Gasteiger partial charge in [0, 0.05) is 34.0 Å². The molecule has 0 aliphatic heterocycles. The van der Waals surface area contributed by atoms with Crippen molar-refractivity contribution in [3.63, 3.8) is 0 Å². The molecule has 0 radical (unpaired) electrons. The Labute approximate surface area is 520 Å². The summed E-state index contributed by atoms with van der Waals surface area (Å²) in [6, 6.07) is 33.6. The van der Waals surface area contributed by atoms with Gasteiger partial charge in [-0.1, -0.05) is 92.4 Å². The number of methoxy groups -OCH3 is 8. The molecule has 0 spiro atoms. The van der Waals surface area contributed by atoms with Crippen LogP contribution in [0.1, 0.15) is 11.1 Å². The summed E-state index contributed by atoms with van der Waals surface area (Å²) < 4.78 is 102. The molecule has 420 valence electrons. The maximum Gasteiger partial charge on any atom is 1.00 e. The summed E-state index contributed by atoms with van der Waals surface area (Å²) in [5, 5.41) is 0.925. The zero-order valence-corrected chi connectivity index (χ0v) is 55.3. The predicted octanol–water partition coefficient (Wildman–Crippen LogP) is 5.97. The van der Waals surface area contributed by atoms with E-state index in [2.05, 4.69) is 39.5 Å². The first-order chi connectivity index (χ1) is 37.6. The second-order valence-corrected chi connectivity index (χ2v) is 31.4. The van der Waals surface area contributed by atoms with Crippen molar-refractivity contribution in [2.24, 2.45) is 0 Å². The third-order valence-electron chi connectivity index (χ3n) is 10.9. The monoisotopic (exact) mass is 1250 g/mol. The fourth-order valence-electron chi connectivity index (χ4n) is 7.61. The molecule has 0 amide bonds. The van der Waals surface area contributed by atoms with Gasteiger partial charge in [-0.3, -0.25) is 13.6 Å². The molecule has 1 unspecified atom stereocenters. The second-order valence-electron chi connectivity index (χ2n) is 17.4. The Kier molecular flexibility index (Phi) is 26.0. The molecule has 26 heteroatoms. The number of ether oxygens (including phenoxy) is 8. The average Bonchev–Trinajstić information content (AvgIpc) is 3.42. The van der Waals surface area contributed by atoms with E-state index in [-0.39, 0.29) is 129 Å². The number of phosphoric ester groups is 2. The van der Waals surface area contributed by atoms with Crippen LogP contribution in [-0.4, -0.2) is 68.5 Å². The van der Waals surface area contributed by atoms with Crippen molar-refractivity contribution >= 4 is 59.6 Å². The molecule has 0 bridgehead atoms. The molecular weight excluding hydrogens is 1200 g/mol. The van der Waals surface area contributed by atoms with Gasteiger partial charge in [0.25, 0.3) is 0 Å². The molecule has 2 aromatic heterocycles. The Morgan fingerprint density at radius 3 is 1.15 bits per heavy atom. The Morgan fingerprint density at radius 2 is 0.827 bits per heavy atom. The van der Waals surface area contributed by atoms with Gasteiger partial charge in [-0.05, 0) is 58.7 Å². The zero-order chi connectivity index (χ0) is 57.7. The molecule has 0 saturated heterocycles. The van der Waals surface area contributed by atoms with Gasteiger partial charge >= 0.3 is 86.0 Å². The summed E-state index contributed by atoms with van der Waals surface area (Å²) in [5.41, 5.74) is 2.25. The van der Waals surface area contributed by atoms with Crippen molar-refractivity contribution in [1.82, 2.24) is 0 Å². The summed E-state index contributed by atoms with van der Waals surface area (Å²) >= 11 is 3.51. The first-order valence-corrected chi connectivity index (χ1v) is 32.3. The smallest absolute Gasteiger partial charge is 0.746 e. The Balaban J connectivity index is 0.000000332. The fourth-order valence-corrected chi connectivity index (χ4v) is 9.18. The van der Waals surface area contributed by atoms with E-state index >= 15 is 0 Å². The van der Waals surface area contributed by atoms with E-state index in [1.54, 1.807) is 36.4 Å². The summed E-state index contributed by atoms with van der Waals surface area (Å²) in [6.45, 7) is 5.88. The van der Waals surface area contributed by atoms with E-state index in [9.17, 15) is 23.6 Å². The molecule has 6 aromatic carbocycles. The van der Waals surface area contributed by atoms with Crippen molar-refractivity contribution < 1.29 is 143 Å². The summed E-state index contributed by atoms with van der Waals surface area (Å²) in [7, 11) is 2.05. The number of phosphoric acid groups is 2. The normalized spacial score (nSPS) is 11.6. The van der Waals surface area contributed by atoms with Crippen LogP contribution in [0.2, 0.25) is 19.6 Å². The van der Waals surface area contributed by atoms with Gasteiger partial charge in [0.15, 0.2) is 45.7 Å². The molecule has 2 heterocycles. The zero-order valence-electron chi connectivity index (χ0n) is 46.9. The summed E-state index contributed by atoms with van der Waals surface area (Å²) in [4.78, 5) is 45.3. The van der Waals surface area contributed by atoms with Crippen LogP contribution in [0, 0.1) is 0 Å². The van der Waals surface area contributed by atoms with Crippen molar-refractivity contribution in [2.45, 2.75) is 32.9 Å². The van der Waals surface area contributed by atoms with Crippen LogP contribution in [0.4, 0.5) is 0 Å². The van der Waals surface area contributed by atoms with E-state index in [4.69, 9.17) is 65.2 Å². The number of hydrogen-bond acceptors (Lipinski definition) is 19. The van der Waals surface area contributed by atoms with E-state index in [0.717, 1.165) is 11.1 Å². The minimum absolute atomic E-state index is 0. The average molecular weight is 1250 g/mol. The van der Waals surface area contributed by atoms with E-state index in [1.165, 1.54) is 81.1 Å². The molecule has 0 fully saturated rings. The number of hydrogen-bond donors (Lipinski definition) is 1. The van der Waals surface area contributed by atoms with Gasteiger partial charge in [0.1, 0.15) is 6.69 Å². The van der Waals surface area contributed by atoms with Crippen LogP contribution in [0.15, 0.2) is 140 Å². The van der Waals surface area contributed by atoms with Crippen LogP contribution in [0.3, 0.4) is 0 Å². The maximum absolute atomic E-state index is 14.1. The van der Waals surface area contributed by atoms with E-state index in [0.29, 0.717) is 44.5 Å². The van der Waals surface area contributed by atoms with Crippen molar-refractivity contribution in [3.05, 3.63) is 153 Å². The molecule has 0 aliphatic rings. The number of fused-ring (bicyclic) bond motifs is 2. The first kappa shape index (κ1) is 68.2. The van der Waals surface area contributed by atoms with Gasteiger partial charge in [-0.25, -0.2) is 14.2 Å². The van der Waals surface area contributed by atoms with Gasteiger partial charge in [-0.2, -0.15) is 0 Å². The summed E-state index contributed by atoms with van der Waals surface area (Å²) in [5.74, 6) is 1.68. The third-order valence-corrected chi connectivity index (χ3v) is 12.7. The second kappa shape index (κ2) is 30.9. The van der Waals surface area contributed by atoms with Crippen LogP contribution >= 0.6 is 30.9 Å². The van der Waals surface area contributed by atoms with Crippen LogP contribution in [-0.2, 0) is 31.4 Å². The topological polar surface area (TPSA) is 249 Å². The Bertz CT molecular complexity index is 3560. The van der Waals surface area contributed by atoms with Crippen LogP contribution < -0.4 is 122 Å². The molecule has 1 N–H and O–H groups in total. The SMILES string of the molecule is COc1ccc(-c2cc(=O)oc3c(OC)c(OC)c(OC)cc23)cc1OP(=O)(OCc1ccccc1)OCc1ccccc1.COc1ccc(-c2cc(=O)oc3c(OC)c(OC)c(OC)cc23)cc1OP(=O)([O-])O.C[Si](C)(C)Br.[Na+].[Na+]. The van der Waals surface area contributed by atoms with Crippen molar-refractivity contribution in [2.75, 3.05) is 56.9 Å². The largest absolute Gasteiger partial charge is 1.00 e. The molecule has 0 saturated carbocycles. The van der Waals surface area contributed by atoms with Crippen molar-refractivity contribution in [3.8, 4) is 79.7 Å². The molecule has 81 heavy (non-hydrogen) atoms. The minimum atomic E-state index is -5.10. The predicted molar refractivity (Wildman–Crippen MR) is 302 cm³/mol. The molecule has 20 nitrogen and oxygen atoms in total. The molecule has 1 atom stereocenters. The van der Waals surface area contributed by atoms with Gasteiger partial charge in [0.05, 0.1) is 70.1 Å². The van der Waals surface area contributed by atoms with Crippen LogP contribution in [0.25, 0.3) is 44.2 Å². The quantitative estimate of drug-likeness (QED) is 0.0399. The standard InChI is InChI=1S/C33H31O10P.C19H19O10P.C3H9BrSi.2Na/c1-36-27-16-15-24(25-19-30(34)42-31-26(25)18-29(37-2)32(38-3)33(31)39-4)17-28(27)43-44(35,40-20-22-11-7-5-8-12-22)41-21-23-13-9-6-10-14-23;1-24-13-6-5-10(7-14(13)29-30(21,22)23)11-9-16(20)28-17-12(11)8-15(25-2)18(26-3)19(17)27-4;1-5(2,3)4;;/h5-19H,20-21H2,1-4H3;5-9H,1-4H3,(H2,21,22,23);1-3H3;;/q;;;2*+1/p-1. The maximum atomic E-state index is 14.1. The Morgan fingerprint density at radius 1 is 0.481 bits per heavy atom. The van der Waals surface area contributed by atoms with Crippen molar-refractivity contribution in [1.29, 1.82) is 0 Å². The molecular formula is C55H58BrNa2O20P2Si+. The third kappa shape index (κ3) is 18.4. The van der Waals surface area contributed by atoms with E-state index in [1.807, 2.05) is 60.7 Å². The van der Waals surface area contributed by atoms with Gasteiger partial charge < -0.3 is 65.6 Å². The fraction of sp³-hybridized carbons (Fsp3) is 0.236. The van der Waals surface area contributed by atoms with Gasteiger partial charge in [-0.15, -0.1) is 15.3 Å². The molecule has 8 rings (SSSR count). The van der Waals surface area contributed by atoms with Crippen LogP contribution in [0.5, 0.6) is 57.5 Å². The number of benzene rings is 6. The van der Waals surface area contributed by atoms with E-state index < -0.39 is 33.6 Å². The molecule has 0 aliphatic carbocycles. The number of halogens is 1. The first-order valence-electron chi connectivity index (χ1n) is 23.6. The summed E-state index contributed by atoms with van der Waals surface area (Å²) in [6.07, 6.45) is 0. The minimum Gasteiger partial charge on any atom is -0.746 e. The molecule has 8 aromatic rings. The van der Waals surface area contributed by atoms with Gasteiger partial charge in [0.2, 0.25) is 23.0 Å². The number of rotatable bonds is 20.